The fourth-order valence-corrected chi connectivity index (χ4v) is 5.34. The van der Waals surface area contributed by atoms with Gasteiger partial charge in [-0.1, -0.05) is 29.5 Å². The summed E-state index contributed by atoms with van der Waals surface area (Å²) >= 11 is 2.74. The summed E-state index contributed by atoms with van der Waals surface area (Å²) in [6.07, 6.45) is 2.73. The van der Waals surface area contributed by atoms with E-state index in [1.165, 1.54) is 35.4 Å². The normalized spacial score (nSPS) is 11.6. The molecule has 30 heavy (non-hydrogen) atoms. The van der Waals surface area contributed by atoms with Crippen LogP contribution in [0.3, 0.4) is 0 Å². The van der Waals surface area contributed by atoms with Crippen molar-refractivity contribution in [1.82, 2.24) is 4.98 Å². The van der Waals surface area contributed by atoms with E-state index in [2.05, 4.69) is 4.98 Å². The summed E-state index contributed by atoms with van der Waals surface area (Å²) in [5.74, 6) is 0.779. The highest BCUT2D eigenvalue weighted by Gasteiger charge is 2.22. The minimum atomic E-state index is -3.32. The van der Waals surface area contributed by atoms with Crippen molar-refractivity contribution < 1.29 is 17.6 Å². The maximum Gasteiger partial charge on any atom is 0.239 e. The van der Waals surface area contributed by atoms with Crippen LogP contribution < -0.4 is 4.90 Å². The molecule has 0 fully saturated rings. The summed E-state index contributed by atoms with van der Waals surface area (Å²) in [6.45, 7) is 0.250. The number of thioether (sulfide) groups is 1. The second-order valence-electron chi connectivity index (χ2n) is 6.56. The topological polar surface area (TPSA) is 80.5 Å². The molecule has 2 aromatic heterocycles. The Kier molecular flexibility index (Phi) is 5.94. The zero-order valence-corrected chi connectivity index (χ0v) is 18.5. The average Bonchev–Trinajstić information content (AvgIpc) is 3.39. The van der Waals surface area contributed by atoms with Crippen molar-refractivity contribution in [1.29, 1.82) is 0 Å². The molecule has 154 valence electrons. The molecule has 0 spiro atoms. The van der Waals surface area contributed by atoms with Crippen molar-refractivity contribution >= 4 is 54.2 Å². The molecule has 2 aromatic carbocycles. The number of fused-ring (bicyclic) bond motifs is 1. The van der Waals surface area contributed by atoms with Gasteiger partial charge in [0.1, 0.15) is 5.76 Å². The van der Waals surface area contributed by atoms with Gasteiger partial charge >= 0.3 is 0 Å². The van der Waals surface area contributed by atoms with Gasteiger partial charge in [0, 0.05) is 11.2 Å². The van der Waals surface area contributed by atoms with Crippen LogP contribution in [0.1, 0.15) is 5.76 Å². The Hall–Kier alpha value is -2.62. The lowest BCUT2D eigenvalue weighted by atomic mass is 10.3. The number of carbonyl (C=O) groups is 1. The molecule has 6 nitrogen and oxygen atoms in total. The molecule has 0 unspecified atom stereocenters. The second-order valence-corrected chi connectivity index (χ2v) is 10.6. The zero-order valence-electron chi connectivity index (χ0n) is 16.0. The number of amides is 1. The molecule has 0 N–H and O–H groups in total. The van der Waals surface area contributed by atoms with Gasteiger partial charge in [0.25, 0.3) is 0 Å². The number of hydrogen-bond acceptors (Lipinski definition) is 7. The first-order valence-corrected chi connectivity index (χ1v) is 12.7. The lowest BCUT2D eigenvalue weighted by Crippen LogP contribution is -2.31. The van der Waals surface area contributed by atoms with Crippen molar-refractivity contribution in [2.75, 3.05) is 16.9 Å². The van der Waals surface area contributed by atoms with Gasteiger partial charge in [0.15, 0.2) is 15.0 Å². The molecule has 0 saturated heterocycles. The van der Waals surface area contributed by atoms with Gasteiger partial charge in [0.05, 0.1) is 33.7 Å². The molecular formula is C21H18N2O4S3. The fraction of sp³-hybridized carbons (Fsp3) is 0.143. The summed E-state index contributed by atoms with van der Waals surface area (Å²) in [5, 5.41) is 0.505. The first kappa shape index (κ1) is 20.6. The average molecular weight is 459 g/mol. The third kappa shape index (κ3) is 4.75. The lowest BCUT2D eigenvalue weighted by Gasteiger charge is -2.18. The van der Waals surface area contributed by atoms with Gasteiger partial charge in [-0.25, -0.2) is 13.4 Å². The van der Waals surface area contributed by atoms with Crippen LogP contribution in [-0.2, 0) is 21.2 Å². The minimum absolute atomic E-state index is 0.109. The van der Waals surface area contributed by atoms with Crippen LogP contribution >= 0.6 is 23.1 Å². The van der Waals surface area contributed by atoms with Crippen molar-refractivity contribution in [2.45, 2.75) is 16.3 Å². The molecule has 1 amide bonds. The quantitative estimate of drug-likeness (QED) is 0.376. The van der Waals surface area contributed by atoms with Crippen LogP contribution in [0.5, 0.6) is 0 Å². The summed E-state index contributed by atoms with van der Waals surface area (Å²) < 4.78 is 29.9. The Labute approximate surface area is 182 Å². The van der Waals surface area contributed by atoms with E-state index in [4.69, 9.17) is 4.42 Å². The number of anilines is 1. The van der Waals surface area contributed by atoms with Crippen molar-refractivity contribution in [3.63, 3.8) is 0 Å². The minimum Gasteiger partial charge on any atom is -0.467 e. The fourth-order valence-electron chi connectivity index (χ4n) is 2.80. The second kappa shape index (κ2) is 8.63. The molecule has 4 rings (SSSR count). The molecule has 0 aliphatic heterocycles. The standard InChI is InChI=1S/C21H18N2O4S3/c1-30(25,26)17-9-10-18-19(12-17)29-21(22-18)23(13-15-6-5-11-27-15)20(24)14-28-16-7-3-2-4-8-16/h2-12H,13-14H2,1H3. The van der Waals surface area contributed by atoms with Crippen LogP contribution in [0.2, 0.25) is 0 Å². The number of hydrogen-bond donors (Lipinski definition) is 0. The molecule has 9 heteroatoms. The molecule has 0 atom stereocenters. The maximum absolute atomic E-state index is 13.1. The van der Waals surface area contributed by atoms with Crippen LogP contribution in [0.15, 0.2) is 81.1 Å². The highest BCUT2D eigenvalue weighted by atomic mass is 32.2. The highest BCUT2D eigenvalue weighted by Crippen LogP contribution is 2.32. The Morgan fingerprint density at radius 2 is 1.93 bits per heavy atom. The summed E-state index contributed by atoms with van der Waals surface area (Å²) in [7, 11) is -3.32. The van der Waals surface area contributed by atoms with E-state index in [1.807, 2.05) is 30.3 Å². The van der Waals surface area contributed by atoms with Gasteiger partial charge in [-0.15, -0.1) is 11.8 Å². The molecule has 0 aliphatic carbocycles. The van der Waals surface area contributed by atoms with Crippen LogP contribution in [0.4, 0.5) is 5.13 Å². The SMILES string of the molecule is CS(=O)(=O)c1ccc2nc(N(Cc3ccco3)C(=O)CSc3ccccc3)sc2c1. The lowest BCUT2D eigenvalue weighted by molar-refractivity contribution is -0.116. The molecular weight excluding hydrogens is 440 g/mol. The Balaban J connectivity index is 1.64. The number of rotatable bonds is 7. The van der Waals surface area contributed by atoms with Gasteiger partial charge < -0.3 is 4.42 Å². The van der Waals surface area contributed by atoms with E-state index in [1.54, 1.807) is 35.4 Å². The smallest absolute Gasteiger partial charge is 0.239 e. The number of furan rings is 1. The first-order chi connectivity index (χ1) is 14.4. The van der Waals surface area contributed by atoms with Crippen molar-refractivity contribution in [3.05, 3.63) is 72.7 Å². The number of nitrogens with zero attached hydrogens (tertiary/aromatic N) is 2. The predicted molar refractivity (Wildman–Crippen MR) is 120 cm³/mol. The summed E-state index contributed by atoms with van der Waals surface area (Å²) in [6, 6.07) is 18.1. The Morgan fingerprint density at radius 3 is 2.63 bits per heavy atom. The molecule has 0 bridgehead atoms. The van der Waals surface area contributed by atoms with E-state index in [0.717, 1.165) is 4.90 Å². The van der Waals surface area contributed by atoms with Crippen LogP contribution in [0, 0.1) is 0 Å². The van der Waals surface area contributed by atoms with E-state index in [0.29, 0.717) is 21.1 Å². The number of carbonyl (C=O) groups excluding carboxylic acids is 1. The van der Waals surface area contributed by atoms with Crippen LogP contribution in [-0.4, -0.2) is 31.3 Å². The molecule has 0 aliphatic rings. The highest BCUT2D eigenvalue weighted by molar-refractivity contribution is 8.00. The first-order valence-electron chi connectivity index (χ1n) is 9.01. The number of aromatic nitrogens is 1. The van der Waals surface area contributed by atoms with E-state index in [9.17, 15) is 13.2 Å². The summed E-state index contributed by atoms with van der Waals surface area (Å²) in [5.41, 5.74) is 0.648. The largest absolute Gasteiger partial charge is 0.467 e. The monoisotopic (exact) mass is 458 g/mol. The zero-order chi connectivity index (χ0) is 21.1. The Morgan fingerprint density at radius 1 is 1.13 bits per heavy atom. The molecule has 2 heterocycles. The summed E-state index contributed by atoms with van der Waals surface area (Å²) in [4.78, 5) is 20.5. The third-order valence-electron chi connectivity index (χ3n) is 4.31. The van der Waals surface area contributed by atoms with Gasteiger partial charge in [-0.3, -0.25) is 9.69 Å². The van der Waals surface area contributed by atoms with Crippen LogP contribution in [0.25, 0.3) is 10.2 Å². The van der Waals surface area contributed by atoms with E-state index in [-0.39, 0.29) is 23.1 Å². The number of sulfone groups is 1. The van der Waals surface area contributed by atoms with Gasteiger partial charge in [0.2, 0.25) is 5.91 Å². The Bertz CT molecular complexity index is 1270. The number of benzene rings is 2. The molecule has 4 aromatic rings. The molecule has 0 radical (unpaired) electrons. The van der Waals surface area contributed by atoms with Crippen molar-refractivity contribution in [2.24, 2.45) is 0 Å². The predicted octanol–water partition coefficient (Wildman–Crippen LogP) is 4.62. The number of thiazole rings is 1. The maximum atomic E-state index is 13.1. The third-order valence-corrected chi connectivity index (χ3v) is 7.46. The van der Waals surface area contributed by atoms with E-state index < -0.39 is 9.84 Å². The molecule has 0 saturated carbocycles. The van der Waals surface area contributed by atoms with E-state index >= 15 is 0 Å². The van der Waals surface area contributed by atoms with Crippen molar-refractivity contribution in [3.8, 4) is 0 Å². The van der Waals surface area contributed by atoms with Gasteiger partial charge in [-0.05, 0) is 42.5 Å². The van der Waals surface area contributed by atoms with Gasteiger partial charge in [-0.2, -0.15) is 0 Å².